The summed E-state index contributed by atoms with van der Waals surface area (Å²) in [6, 6.07) is 7.38. The molecule has 120 valence electrons. The van der Waals surface area contributed by atoms with E-state index >= 15 is 0 Å². The molecule has 5 heteroatoms. The lowest BCUT2D eigenvalue weighted by Gasteiger charge is -2.19. The molecule has 0 fully saturated rings. The van der Waals surface area contributed by atoms with Crippen molar-refractivity contribution in [2.75, 3.05) is 46.4 Å². The largest absolute Gasteiger partial charge is 0.497 e. The van der Waals surface area contributed by atoms with Crippen LogP contribution >= 0.6 is 0 Å². The van der Waals surface area contributed by atoms with Gasteiger partial charge in [0.15, 0.2) is 0 Å². The fraction of sp³-hybridized carbons (Fsp3) is 0.625. The number of aliphatic hydroxyl groups excluding tert-OH is 1. The Labute approximate surface area is 127 Å². The van der Waals surface area contributed by atoms with Crippen molar-refractivity contribution in [3.63, 3.8) is 0 Å². The molecule has 2 N–H and O–H groups in total. The summed E-state index contributed by atoms with van der Waals surface area (Å²) in [6.45, 7) is 9.09. The maximum atomic E-state index is 9.88. The maximum absolute atomic E-state index is 9.88. The molecule has 0 bridgehead atoms. The third-order valence-corrected chi connectivity index (χ3v) is 3.36. The summed E-state index contributed by atoms with van der Waals surface area (Å²) in [5.41, 5.74) is 0. The highest BCUT2D eigenvalue weighted by molar-refractivity contribution is 5.32. The fourth-order valence-corrected chi connectivity index (χ4v) is 1.99. The summed E-state index contributed by atoms with van der Waals surface area (Å²) < 4.78 is 10.7. The molecule has 21 heavy (non-hydrogen) atoms. The second-order valence-electron chi connectivity index (χ2n) is 4.87. The fourth-order valence-electron chi connectivity index (χ4n) is 1.99. The number of nitrogens with one attached hydrogen (secondary N) is 1. The van der Waals surface area contributed by atoms with Gasteiger partial charge in [-0.2, -0.15) is 0 Å². The van der Waals surface area contributed by atoms with E-state index in [1.54, 1.807) is 13.2 Å². The molecule has 0 amide bonds. The van der Waals surface area contributed by atoms with Gasteiger partial charge in [-0.05, 0) is 25.2 Å². The molecule has 0 saturated carbocycles. The number of rotatable bonds is 11. The van der Waals surface area contributed by atoms with E-state index in [2.05, 4.69) is 24.1 Å². The van der Waals surface area contributed by atoms with Gasteiger partial charge in [0.25, 0.3) is 0 Å². The first-order chi connectivity index (χ1) is 10.2. The van der Waals surface area contributed by atoms with Crippen molar-refractivity contribution in [2.45, 2.75) is 20.0 Å². The molecule has 1 aromatic rings. The molecule has 0 aliphatic carbocycles. The zero-order valence-corrected chi connectivity index (χ0v) is 13.3. The van der Waals surface area contributed by atoms with Crippen LogP contribution in [0.25, 0.3) is 0 Å². The van der Waals surface area contributed by atoms with Crippen LogP contribution in [-0.4, -0.2) is 62.6 Å². The number of benzene rings is 1. The van der Waals surface area contributed by atoms with E-state index in [-0.39, 0.29) is 6.61 Å². The van der Waals surface area contributed by atoms with Gasteiger partial charge in [0, 0.05) is 25.7 Å². The van der Waals surface area contributed by atoms with Gasteiger partial charge in [-0.25, -0.2) is 0 Å². The van der Waals surface area contributed by atoms with Crippen LogP contribution in [-0.2, 0) is 0 Å². The standard InChI is InChI=1S/C16H28N2O3/c1-4-18(5-2)10-9-17-12-14(19)13-21-16-8-6-7-15(11-16)20-3/h6-8,11,14,17,19H,4-5,9-10,12-13H2,1-3H3. The number of likely N-dealkylation sites (N-methyl/N-ethyl adjacent to an activating group) is 1. The van der Waals surface area contributed by atoms with E-state index in [4.69, 9.17) is 9.47 Å². The minimum absolute atomic E-state index is 0.269. The molecule has 0 aliphatic rings. The van der Waals surface area contributed by atoms with Crippen molar-refractivity contribution in [1.29, 1.82) is 0 Å². The lowest BCUT2D eigenvalue weighted by Crippen LogP contribution is -2.37. The van der Waals surface area contributed by atoms with Gasteiger partial charge in [-0.15, -0.1) is 0 Å². The lowest BCUT2D eigenvalue weighted by molar-refractivity contribution is 0.105. The monoisotopic (exact) mass is 296 g/mol. The molecule has 0 saturated heterocycles. The van der Waals surface area contributed by atoms with Gasteiger partial charge in [-0.3, -0.25) is 0 Å². The molecule has 1 rings (SSSR count). The Morgan fingerprint density at radius 3 is 2.62 bits per heavy atom. The third-order valence-electron chi connectivity index (χ3n) is 3.36. The molecule has 0 radical (unpaired) electrons. The summed E-state index contributed by atoms with van der Waals surface area (Å²) in [5.74, 6) is 1.45. The average Bonchev–Trinajstić information content (AvgIpc) is 2.53. The first kappa shape index (κ1) is 17.8. The van der Waals surface area contributed by atoms with Crippen LogP contribution in [0.15, 0.2) is 24.3 Å². The van der Waals surface area contributed by atoms with Gasteiger partial charge in [0.2, 0.25) is 0 Å². The van der Waals surface area contributed by atoms with Gasteiger partial charge < -0.3 is 24.8 Å². The Morgan fingerprint density at radius 1 is 1.24 bits per heavy atom. The van der Waals surface area contributed by atoms with Gasteiger partial charge in [0.1, 0.15) is 24.2 Å². The third kappa shape index (κ3) is 7.32. The average molecular weight is 296 g/mol. The molecule has 0 aromatic heterocycles. The Morgan fingerprint density at radius 2 is 1.95 bits per heavy atom. The molecule has 5 nitrogen and oxygen atoms in total. The molecule has 0 spiro atoms. The van der Waals surface area contributed by atoms with Crippen molar-refractivity contribution in [3.05, 3.63) is 24.3 Å². The lowest BCUT2D eigenvalue weighted by atomic mass is 10.3. The first-order valence-corrected chi connectivity index (χ1v) is 7.57. The maximum Gasteiger partial charge on any atom is 0.123 e. The van der Waals surface area contributed by atoms with E-state index in [9.17, 15) is 5.11 Å². The smallest absolute Gasteiger partial charge is 0.123 e. The quantitative estimate of drug-likeness (QED) is 0.604. The van der Waals surface area contributed by atoms with Crippen LogP contribution in [0.2, 0.25) is 0 Å². The molecular formula is C16H28N2O3. The number of nitrogens with zero attached hydrogens (tertiary/aromatic N) is 1. The van der Waals surface area contributed by atoms with Crippen LogP contribution in [0.3, 0.4) is 0 Å². The Bertz CT molecular complexity index is 384. The van der Waals surface area contributed by atoms with E-state index in [0.717, 1.165) is 31.9 Å². The zero-order chi connectivity index (χ0) is 15.5. The summed E-state index contributed by atoms with van der Waals surface area (Å²) in [6.07, 6.45) is -0.520. The normalized spacial score (nSPS) is 12.4. The van der Waals surface area contributed by atoms with Crippen LogP contribution in [0.4, 0.5) is 0 Å². The second-order valence-corrected chi connectivity index (χ2v) is 4.87. The highest BCUT2D eigenvalue weighted by Crippen LogP contribution is 2.18. The summed E-state index contributed by atoms with van der Waals surface area (Å²) in [4.78, 5) is 2.34. The molecule has 0 heterocycles. The summed E-state index contributed by atoms with van der Waals surface area (Å²) >= 11 is 0. The van der Waals surface area contributed by atoms with Crippen LogP contribution in [0.1, 0.15) is 13.8 Å². The Kier molecular flexibility index (Phi) is 8.82. The summed E-state index contributed by atoms with van der Waals surface area (Å²) in [7, 11) is 1.62. The highest BCUT2D eigenvalue weighted by Gasteiger charge is 2.06. The van der Waals surface area contributed by atoms with Crippen molar-refractivity contribution in [2.24, 2.45) is 0 Å². The predicted molar refractivity (Wildman–Crippen MR) is 85.2 cm³/mol. The molecular weight excluding hydrogens is 268 g/mol. The number of methoxy groups -OCH3 is 1. The molecule has 0 aliphatic heterocycles. The van der Waals surface area contributed by atoms with Crippen molar-refractivity contribution in [3.8, 4) is 11.5 Å². The first-order valence-electron chi connectivity index (χ1n) is 7.57. The Hall–Kier alpha value is -1.30. The second kappa shape index (κ2) is 10.4. The van der Waals surface area contributed by atoms with Crippen LogP contribution < -0.4 is 14.8 Å². The number of hydrogen-bond donors (Lipinski definition) is 2. The van der Waals surface area contributed by atoms with Crippen molar-refractivity contribution in [1.82, 2.24) is 10.2 Å². The minimum atomic E-state index is -0.520. The van der Waals surface area contributed by atoms with Crippen LogP contribution in [0, 0.1) is 0 Å². The van der Waals surface area contributed by atoms with E-state index in [1.165, 1.54) is 0 Å². The molecule has 1 atom stereocenters. The van der Waals surface area contributed by atoms with Gasteiger partial charge in [-0.1, -0.05) is 19.9 Å². The SMILES string of the molecule is CCN(CC)CCNCC(O)COc1cccc(OC)c1. The highest BCUT2D eigenvalue weighted by atomic mass is 16.5. The van der Waals surface area contributed by atoms with E-state index < -0.39 is 6.10 Å². The number of aliphatic hydroxyl groups is 1. The van der Waals surface area contributed by atoms with Gasteiger partial charge >= 0.3 is 0 Å². The minimum Gasteiger partial charge on any atom is -0.497 e. The summed E-state index contributed by atoms with van der Waals surface area (Å²) in [5, 5.41) is 13.1. The van der Waals surface area contributed by atoms with Crippen molar-refractivity contribution >= 4 is 0 Å². The van der Waals surface area contributed by atoms with Crippen molar-refractivity contribution < 1.29 is 14.6 Å². The van der Waals surface area contributed by atoms with Gasteiger partial charge in [0.05, 0.1) is 7.11 Å². The zero-order valence-electron chi connectivity index (χ0n) is 13.3. The molecule has 1 unspecified atom stereocenters. The molecule has 1 aromatic carbocycles. The van der Waals surface area contributed by atoms with Crippen LogP contribution in [0.5, 0.6) is 11.5 Å². The topological polar surface area (TPSA) is 54.0 Å². The predicted octanol–water partition coefficient (Wildman–Crippen LogP) is 1.37. The Balaban J connectivity index is 2.17. The number of hydrogen-bond acceptors (Lipinski definition) is 5. The van der Waals surface area contributed by atoms with E-state index in [1.807, 2.05) is 18.2 Å². The van der Waals surface area contributed by atoms with E-state index in [0.29, 0.717) is 12.3 Å². The number of ether oxygens (including phenoxy) is 2.